The van der Waals surface area contributed by atoms with E-state index in [2.05, 4.69) is 46.0 Å². The number of nitrogens with two attached hydrogens (primary N) is 1. The van der Waals surface area contributed by atoms with Gasteiger partial charge in [-0.1, -0.05) is 28.1 Å². The third kappa shape index (κ3) is 3.44. The Morgan fingerprint density at radius 2 is 2.00 bits per heavy atom. The Labute approximate surface area is 134 Å². The van der Waals surface area contributed by atoms with Gasteiger partial charge >= 0.3 is 0 Å². The fourth-order valence-electron chi connectivity index (χ4n) is 2.53. The molecule has 3 nitrogen and oxygen atoms in total. The Kier molecular flexibility index (Phi) is 5.01. The highest BCUT2D eigenvalue weighted by Gasteiger charge is 2.15. The van der Waals surface area contributed by atoms with Crippen LogP contribution in [0.5, 0.6) is 5.75 Å². The van der Waals surface area contributed by atoms with Gasteiger partial charge in [0.1, 0.15) is 5.75 Å². The number of hydrogen-bond acceptors (Lipinski definition) is 3. The van der Waals surface area contributed by atoms with E-state index in [-0.39, 0.29) is 6.04 Å². The summed E-state index contributed by atoms with van der Waals surface area (Å²) in [5.41, 5.74) is 11.8. The van der Waals surface area contributed by atoms with Crippen LogP contribution in [0.4, 0.5) is 0 Å². The largest absolute Gasteiger partial charge is 0.496 e. The van der Waals surface area contributed by atoms with Crippen molar-refractivity contribution in [2.75, 3.05) is 7.11 Å². The summed E-state index contributed by atoms with van der Waals surface area (Å²) in [6, 6.07) is 6.14. The molecule has 4 heteroatoms. The molecule has 2 aromatic rings. The van der Waals surface area contributed by atoms with Crippen molar-refractivity contribution in [3.05, 3.63) is 56.8 Å². The monoisotopic (exact) mass is 348 g/mol. The van der Waals surface area contributed by atoms with Crippen molar-refractivity contribution >= 4 is 15.9 Å². The fourth-order valence-corrected chi connectivity index (χ4v) is 3.32. The molecule has 0 aliphatic rings. The van der Waals surface area contributed by atoms with E-state index in [0.717, 1.165) is 32.6 Å². The molecule has 0 fully saturated rings. The van der Waals surface area contributed by atoms with Crippen LogP contribution >= 0.6 is 15.9 Å². The van der Waals surface area contributed by atoms with Crippen molar-refractivity contribution < 1.29 is 4.74 Å². The number of hydrogen-bond donors (Lipinski definition) is 1. The SMILES string of the molecule is COc1c(C)cnc(CC(N)c2ccc(C)cc2Br)c1C. The first-order valence-electron chi connectivity index (χ1n) is 6.94. The maximum Gasteiger partial charge on any atom is 0.128 e. The highest BCUT2D eigenvalue weighted by atomic mass is 79.9. The van der Waals surface area contributed by atoms with Gasteiger partial charge < -0.3 is 10.5 Å². The first-order valence-corrected chi connectivity index (χ1v) is 7.74. The molecule has 1 heterocycles. The molecule has 21 heavy (non-hydrogen) atoms. The van der Waals surface area contributed by atoms with Crippen molar-refractivity contribution in [2.45, 2.75) is 33.2 Å². The Hall–Kier alpha value is -1.39. The highest BCUT2D eigenvalue weighted by Crippen LogP contribution is 2.29. The molecule has 1 atom stereocenters. The van der Waals surface area contributed by atoms with Gasteiger partial charge in [-0.05, 0) is 38.0 Å². The van der Waals surface area contributed by atoms with Crippen LogP contribution in [0.25, 0.3) is 0 Å². The van der Waals surface area contributed by atoms with Crippen molar-refractivity contribution in [3.8, 4) is 5.75 Å². The molecule has 112 valence electrons. The van der Waals surface area contributed by atoms with E-state index in [1.54, 1.807) is 7.11 Å². The van der Waals surface area contributed by atoms with Crippen LogP contribution in [0.3, 0.4) is 0 Å². The summed E-state index contributed by atoms with van der Waals surface area (Å²) in [6.45, 7) is 6.10. The zero-order chi connectivity index (χ0) is 15.6. The highest BCUT2D eigenvalue weighted by molar-refractivity contribution is 9.10. The molecule has 0 amide bonds. The Bertz CT molecular complexity index is 655. The lowest BCUT2D eigenvalue weighted by Gasteiger charge is -2.17. The number of rotatable bonds is 4. The minimum absolute atomic E-state index is 0.0985. The summed E-state index contributed by atoms with van der Waals surface area (Å²) in [4.78, 5) is 4.52. The molecule has 0 bridgehead atoms. The second kappa shape index (κ2) is 6.58. The van der Waals surface area contributed by atoms with Crippen LogP contribution < -0.4 is 10.5 Å². The minimum atomic E-state index is -0.0985. The number of aryl methyl sites for hydroxylation is 2. The van der Waals surface area contributed by atoms with Crippen LogP contribution in [-0.4, -0.2) is 12.1 Å². The topological polar surface area (TPSA) is 48.1 Å². The van der Waals surface area contributed by atoms with Crippen LogP contribution in [0.15, 0.2) is 28.9 Å². The minimum Gasteiger partial charge on any atom is -0.496 e. The summed E-state index contributed by atoms with van der Waals surface area (Å²) in [6.07, 6.45) is 2.53. The van der Waals surface area contributed by atoms with Gasteiger partial charge in [-0.3, -0.25) is 4.98 Å². The predicted molar refractivity (Wildman–Crippen MR) is 89.8 cm³/mol. The van der Waals surface area contributed by atoms with Crippen molar-refractivity contribution in [3.63, 3.8) is 0 Å². The van der Waals surface area contributed by atoms with Gasteiger partial charge in [-0.15, -0.1) is 0 Å². The molecule has 0 saturated carbocycles. The number of ether oxygens (including phenoxy) is 1. The Morgan fingerprint density at radius 3 is 2.62 bits per heavy atom. The lowest BCUT2D eigenvalue weighted by molar-refractivity contribution is 0.406. The van der Waals surface area contributed by atoms with Crippen molar-refractivity contribution in [1.29, 1.82) is 0 Å². The number of methoxy groups -OCH3 is 1. The van der Waals surface area contributed by atoms with Crippen molar-refractivity contribution in [2.24, 2.45) is 5.73 Å². The van der Waals surface area contributed by atoms with E-state index in [9.17, 15) is 0 Å². The normalized spacial score (nSPS) is 12.3. The van der Waals surface area contributed by atoms with E-state index in [1.807, 2.05) is 20.0 Å². The molecule has 0 radical (unpaired) electrons. The first-order chi connectivity index (χ1) is 9.93. The third-order valence-corrected chi connectivity index (χ3v) is 4.41. The van der Waals surface area contributed by atoms with E-state index in [1.165, 1.54) is 5.56 Å². The number of aromatic nitrogens is 1. The second-order valence-corrected chi connectivity index (χ2v) is 6.24. The molecule has 0 aliphatic carbocycles. The maximum absolute atomic E-state index is 6.37. The molecule has 0 spiro atoms. The summed E-state index contributed by atoms with van der Waals surface area (Å²) in [5, 5.41) is 0. The summed E-state index contributed by atoms with van der Waals surface area (Å²) in [5.74, 6) is 0.898. The second-order valence-electron chi connectivity index (χ2n) is 5.38. The molecular formula is C17H21BrN2O. The van der Waals surface area contributed by atoms with Gasteiger partial charge in [0.15, 0.2) is 0 Å². The van der Waals surface area contributed by atoms with Crippen LogP contribution in [0, 0.1) is 20.8 Å². The quantitative estimate of drug-likeness (QED) is 0.907. The fraction of sp³-hybridized carbons (Fsp3) is 0.353. The van der Waals surface area contributed by atoms with Gasteiger partial charge in [-0.2, -0.15) is 0 Å². The lowest BCUT2D eigenvalue weighted by Crippen LogP contribution is -2.16. The van der Waals surface area contributed by atoms with Gasteiger partial charge in [-0.25, -0.2) is 0 Å². The van der Waals surface area contributed by atoms with Crippen molar-refractivity contribution in [1.82, 2.24) is 4.98 Å². The molecule has 1 aromatic carbocycles. The number of benzene rings is 1. The van der Waals surface area contributed by atoms with Gasteiger partial charge in [0.05, 0.1) is 7.11 Å². The first kappa shape index (κ1) is 16.0. The molecule has 0 saturated heterocycles. The Morgan fingerprint density at radius 1 is 1.29 bits per heavy atom. The van der Waals surface area contributed by atoms with Crippen LogP contribution in [0.1, 0.15) is 34.0 Å². The molecule has 0 aliphatic heterocycles. The molecular weight excluding hydrogens is 328 g/mol. The molecule has 1 unspecified atom stereocenters. The molecule has 2 rings (SSSR count). The zero-order valence-electron chi connectivity index (χ0n) is 12.9. The van der Waals surface area contributed by atoms with Crippen LogP contribution in [0.2, 0.25) is 0 Å². The average molecular weight is 349 g/mol. The van der Waals surface area contributed by atoms with Crippen LogP contribution in [-0.2, 0) is 6.42 Å². The Balaban J connectivity index is 2.29. The standard InChI is InChI=1S/C17H21BrN2O/c1-10-5-6-13(14(18)7-10)15(19)8-16-12(3)17(21-4)11(2)9-20-16/h5-7,9,15H,8,19H2,1-4H3. The molecule has 1 aromatic heterocycles. The smallest absolute Gasteiger partial charge is 0.128 e. The van der Waals surface area contributed by atoms with E-state index in [4.69, 9.17) is 10.5 Å². The number of nitrogens with zero attached hydrogens (tertiary/aromatic N) is 1. The van der Waals surface area contributed by atoms with E-state index < -0.39 is 0 Å². The van der Waals surface area contributed by atoms with E-state index >= 15 is 0 Å². The summed E-state index contributed by atoms with van der Waals surface area (Å²) in [7, 11) is 1.69. The van der Waals surface area contributed by atoms with Gasteiger partial charge in [0.2, 0.25) is 0 Å². The maximum atomic E-state index is 6.37. The number of halogens is 1. The summed E-state index contributed by atoms with van der Waals surface area (Å²) >= 11 is 3.59. The van der Waals surface area contributed by atoms with Gasteiger partial charge in [0.25, 0.3) is 0 Å². The molecule has 2 N–H and O–H groups in total. The summed E-state index contributed by atoms with van der Waals surface area (Å²) < 4.78 is 6.50. The van der Waals surface area contributed by atoms with Gasteiger partial charge in [0, 0.05) is 40.0 Å². The number of pyridine rings is 1. The zero-order valence-corrected chi connectivity index (χ0v) is 14.5. The third-order valence-electron chi connectivity index (χ3n) is 3.72. The predicted octanol–water partition coefficient (Wildman–Crippen LogP) is 4.02. The van der Waals surface area contributed by atoms with E-state index in [0.29, 0.717) is 6.42 Å². The lowest BCUT2D eigenvalue weighted by atomic mass is 9.98. The average Bonchev–Trinajstić information content (AvgIpc) is 2.42.